The van der Waals surface area contributed by atoms with Gasteiger partial charge in [0.2, 0.25) is 0 Å². The van der Waals surface area contributed by atoms with E-state index < -0.39 is 11.1 Å². The highest BCUT2D eigenvalue weighted by atomic mass is 14.8. The van der Waals surface area contributed by atoms with E-state index in [0.717, 1.165) is 0 Å². The van der Waals surface area contributed by atoms with E-state index in [1.165, 1.54) is 100 Å². The fourth-order valence-corrected chi connectivity index (χ4v) is 8.81. The van der Waals surface area contributed by atoms with Gasteiger partial charge in [-0.15, -0.1) is 0 Å². The standard InChI is InChI=1S/C45H40N2/c1-25-7-13-33-35-17-11-29(23-41(35)44(5,46)39(33)19-25)27-9-15-31-32-16-10-28(22-38(32)43(3,4)37(31)21-27)30-12-18-36-34-14-8-26(2)20-40(34)45(6,47)42(36)24-30/h7-24H,46-47H2,1-6H3. The minimum atomic E-state index is -0.518. The second kappa shape index (κ2) is 9.19. The Balaban J connectivity index is 1.09. The van der Waals surface area contributed by atoms with Gasteiger partial charge in [0.1, 0.15) is 0 Å². The van der Waals surface area contributed by atoms with Gasteiger partial charge in [0.25, 0.3) is 0 Å². The molecule has 2 heteroatoms. The number of fused-ring (bicyclic) bond motifs is 9. The Morgan fingerprint density at radius 1 is 0.340 bits per heavy atom. The van der Waals surface area contributed by atoms with Gasteiger partial charge in [0.15, 0.2) is 0 Å². The van der Waals surface area contributed by atoms with Crippen LogP contribution in [0.2, 0.25) is 0 Å². The molecule has 6 aromatic rings. The Morgan fingerprint density at radius 2 is 0.596 bits per heavy atom. The molecule has 0 radical (unpaired) electrons. The number of nitrogens with two attached hydrogens (primary N) is 2. The normalized spacial score (nSPS) is 20.7. The average molecular weight is 609 g/mol. The van der Waals surface area contributed by atoms with Gasteiger partial charge in [-0.1, -0.05) is 110 Å². The van der Waals surface area contributed by atoms with Gasteiger partial charge >= 0.3 is 0 Å². The molecular weight excluding hydrogens is 569 g/mol. The van der Waals surface area contributed by atoms with Crippen molar-refractivity contribution in [3.8, 4) is 55.6 Å². The summed E-state index contributed by atoms with van der Waals surface area (Å²) in [6.45, 7) is 13.3. The van der Waals surface area contributed by atoms with Gasteiger partial charge in [0, 0.05) is 5.41 Å². The minimum Gasteiger partial charge on any atom is -0.318 e. The van der Waals surface area contributed by atoms with Gasteiger partial charge in [0.05, 0.1) is 11.1 Å². The summed E-state index contributed by atoms with van der Waals surface area (Å²) in [5, 5.41) is 0. The minimum absolute atomic E-state index is 0.142. The van der Waals surface area contributed by atoms with Crippen LogP contribution in [0.5, 0.6) is 0 Å². The molecule has 0 spiro atoms. The molecule has 9 rings (SSSR count). The third-order valence-corrected chi connectivity index (χ3v) is 11.6. The molecule has 0 bridgehead atoms. The van der Waals surface area contributed by atoms with E-state index in [1.807, 2.05) is 0 Å². The van der Waals surface area contributed by atoms with Crippen molar-refractivity contribution < 1.29 is 0 Å². The molecule has 47 heavy (non-hydrogen) atoms. The van der Waals surface area contributed by atoms with Crippen LogP contribution in [0.1, 0.15) is 72.2 Å². The largest absolute Gasteiger partial charge is 0.318 e. The number of aryl methyl sites for hydroxylation is 2. The van der Waals surface area contributed by atoms with Crippen molar-refractivity contribution in [2.45, 2.75) is 58.0 Å². The molecule has 0 aliphatic heterocycles. The maximum atomic E-state index is 7.04. The summed E-state index contributed by atoms with van der Waals surface area (Å²) in [7, 11) is 0. The first-order valence-electron chi connectivity index (χ1n) is 16.8. The van der Waals surface area contributed by atoms with E-state index in [4.69, 9.17) is 11.5 Å². The Hall–Kier alpha value is -4.76. The maximum absolute atomic E-state index is 7.04. The molecule has 6 aromatic carbocycles. The van der Waals surface area contributed by atoms with E-state index in [9.17, 15) is 0 Å². The Labute approximate surface area is 278 Å². The summed E-state index contributed by atoms with van der Waals surface area (Å²) in [6, 6.07) is 41.0. The van der Waals surface area contributed by atoms with Crippen LogP contribution in [0.4, 0.5) is 0 Å². The lowest BCUT2D eigenvalue weighted by atomic mass is 9.80. The van der Waals surface area contributed by atoms with E-state index in [2.05, 4.69) is 151 Å². The zero-order chi connectivity index (χ0) is 32.6. The predicted octanol–water partition coefficient (Wildman–Crippen LogP) is 10.3. The van der Waals surface area contributed by atoms with E-state index in [-0.39, 0.29) is 5.41 Å². The van der Waals surface area contributed by atoms with Gasteiger partial charge in [-0.3, -0.25) is 0 Å². The molecule has 0 saturated carbocycles. The third kappa shape index (κ3) is 3.80. The number of hydrogen-bond acceptors (Lipinski definition) is 2. The fourth-order valence-electron chi connectivity index (χ4n) is 8.81. The van der Waals surface area contributed by atoms with Crippen molar-refractivity contribution in [3.63, 3.8) is 0 Å². The summed E-state index contributed by atoms with van der Waals surface area (Å²) < 4.78 is 0. The summed E-state index contributed by atoms with van der Waals surface area (Å²) in [4.78, 5) is 0. The highest BCUT2D eigenvalue weighted by Gasteiger charge is 2.39. The monoisotopic (exact) mass is 608 g/mol. The second-order valence-corrected chi connectivity index (χ2v) is 15.2. The van der Waals surface area contributed by atoms with Crippen LogP contribution in [0, 0.1) is 13.8 Å². The quantitative estimate of drug-likeness (QED) is 0.205. The van der Waals surface area contributed by atoms with Gasteiger partial charge in [-0.2, -0.15) is 0 Å². The molecule has 230 valence electrons. The molecule has 2 atom stereocenters. The van der Waals surface area contributed by atoms with E-state index >= 15 is 0 Å². The molecule has 0 aromatic heterocycles. The predicted molar refractivity (Wildman–Crippen MR) is 197 cm³/mol. The van der Waals surface area contributed by atoms with E-state index in [1.54, 1.807) is 0 Å². The molecule has 4 N–H and O–H groups in total. The van der Waals surface area contributed by atoms with Crippen LogP contribution >= 0.6 is 0 Å². The molecule has 2 unspecified atom stereocenters. The highest BCUT2D eigenvalue weighted by Crippen LogP contribution is 2.53. The van der Waals surface area contributed by atoms with Crippen molar-refractivity contribution in [1.29, 1.82) is 0 Å². The molecule has 0 saturated heterocycles. The molecule has 3 aliphatic carbocycles. The second-order valence-electron chi connectivity index (χ2n) is 15.2. The van der Waals surface area contributed by atoms with Crippen molar-refractivity contribution in [2.24, 2.45) is 11.5 Å². The molecule has 0 fully saturated rings. The molecule has 0 heterocycles. The Kier molecular flexibility index (Phi) is 5.57. The van der Waals surface area contributed by atoms with Crippen molar-refractivity contribution >= 4 is 0 Å². The number of hydrogen-bond donors (Lipinski definition) is 2. The first-order chi connectivity index (χ1) is 22.4. The van der Waals surface area contributed by atoms with Gasteiger partial charge in [-0.05, 0) is 141 Å². The topological polar surface area (TPSA) is 52.0 Å². The SMILES string of the molecule is Cc1ccc2c(c1)C(C)(N)c1cc(-c3ccc4c(c3)C(C)(C)c3cc(-c5ccc6c(c5)C(C)(N)c5cc(C)ccc5-6)ccc3-4)ccc1-2. The third-order valence-electron chi connectivity index (χ3n) is 11.6. The highest BCUT2D eigenvalue weighted by molar-refractivity contribution is 5.89. The van der Waals surface area contributed by atoms with Crippen LogP contribution in [0.3, 0.4) is 0 Å². The van der Waals surface area contributed by atoms with Crippen molar-refractivity contribution in [3.05, 3.63) is 154 Å². The summed E-state index contributed by atoms with van der Waals surface area (Å²) >= 11 is 0. The summed E-state index contributed by atoms with van der Waals surface area (Å²) in [5.41, 5.74) is 35.4. The summed E-state index contributed by atoms with van der Waals surface area (Å²) in [6.07, 6.45) is 0. The zero-order valence-electron chi connectivity index (χ0n) is 28.0. The van der Waals surface area contributed by atoms with Crippen LogP contribution in [-0.2, 0) is 16.5 Å². The lowest BCUT2D eigenvalue weighted by Gasteiger charge is -2.24. The molecule has 3 aliphatic rings. The van der Waals surface area contributed by atoms with Gasteiger partial charge in [-0.25, -0.2) is 0 Å². The lowest BCUT2D eigenvalue weighted by Crippen LogP contribution is -2.31. The number of benzene rings is 6. The Bertz CT molecular complexity index is 2190. The van der Waals surface area contributed by atoms with Crippen LogP contribution in [-0.4, -0.2) is 0 Å². The maximum Gasteiger partial charge on any atom is 0.0649 e. The molecular formula is C45H40N2. The fraction of sp³-hybridized carbons (Fsp3) is 0.200. The average Bonchev–Trinajstić information content (AvgIpc) is 3.52. The van der Waals surface area contributed by atoms with Gasteiger partial charge < -0.3 is 11.5 Å². The van der Waals surface area contributed by atoms with Crippen LogP contribution in [0.15, 0.2) is 109 Å². The Morgan fingerprint density at radius 3 is 0.936 bits per heavy atom. The van der Waals surface area contributed by atoms with Crippen LogP contribution < -0.4 is 11.5 Å². The smallest absolute Gasteiger partial charge is 0.0649 e. The van der Waals surface area contributed by atoms with Crippen LogP contribution in [0.25, 0.3) is 55.6 Å². The molecule has 2 nitrogen and oxygen atoms in total. The molecule has 0 amide bonds. The first kappa shape index (κ1) is 28.5. The van der Waals surface area contributed by atoms with Crippen molar-refractivity contribution in [2.75, 3.05) is 0 Å². The number of rotatable bonds is 2. The van der Waals surface area contributed by atoms with E-state index in [0.29, 0.717) is 0 Å². The first-order valence-corrected chi connectivity index (χ1v) is 16.8. The lowest BCUT2D eigenvalue weighted by molar-refractivity contribution is 0.620. The van der Waals surface area contributed by atoms with Crippen molar-refractivity contribution in [1.82, 2.24) is 0 Å². The summed E-state index contributed by atoms with van der Waals surface area (Å²) in [5.74, 6) is 0. The zero-order valence-corrected chi connectivity index (χ0v) is 28.0.